The largest absolute Gasteiger partial charge is 0.507 e. The molecule has 25 heavy (non-hydrogen) atoms. The summed E-state index contributed by atoms with van der Waals surface area (Å²) in [5.41, 5.74) is 2.95. The molecule has 0 saturated heterocycles. The first-order valence-corrected chi connectivity index (χ1v) is 8.03. The van der Waals surface area contributed by atoms with E-state index in [1.807, 2.05) is 0 Å². The van der Waals surface area contributed by atoms with Crippen LogP contribution in [0.2, 0.25) is 0 Å². The van der Waals surface area contributed by atoms with Gasteiger partial charge < -0.3 is 10.0 Å². The highest BCUT2D eigenvalue weighted by molar-refractivity contribution is 5.97. The SMILES string of the molecule is O=C(c1ccccc1O)N1CCc2[nH]nc(-c3ccccc3F)c2C1. The van der Waals surface area contributed by atoms with Gasteiger partial charge in [-0.1, -0.05) is 24.3 Å². The van der Waals surface area contributed by atoms with Crippen molar-refractivity contribution in [2.75, 3.05) is 6.54 Å². The highest BCUT2D eigenvalue weighted by atomic mass is 19.1. The van der Waals surface area contributed by atoms with Gasteiger partial charge >= 0.3 is 0 Å². The van der Waals surface area contributed by atoms with E-state index in [0.717, 1.165) is 11.3 Å². The molecule has 126 valence electrons. The number of hydrogen-bond acceptors (Lipinski definition) is 3. The molecule has 2 aromatic carbocycles. The van der Waals surface area contributed by atoms with Gasteiger partial charge in [0.25, 0.3) is 5.91 Å². The molecule has 1 amide bonds. The summed E-state index contributed by atoms with van der Waals surface area (Å²) in [4.78, 5) is 14.4. The third-order valence-electron chi connectivity index (χ3n) is 4.48. The molecule has 0 aliphatic carbocycles. The predicted octanol–water partition coefficient (Wildman–Crippen LogP) is 3.12. The monoisotopic (exact) mass is 337 g/mol. The van der Waals surface area contributed by atoms with Gasteiger partial charge in [0.15, 0.2) is 0 Å². The van der Waals surface area contributed by atoms with E-state index in [1.165, 1.54) is 12.1 Å². The molecule has 0 atom stereocenters. The Morgan fingerprint density at radius 3 is 2.72 bits per heavy atom. The number of phenolic OH excluding ortho intramolecular Hbond substituents is 1. The zero-order valence-electron chi connectivity index (χ0n) is 13.4. The molecular formula is C19H16FN3O2. The van der Waals surface area contributed by atoms with Crippen LogP contribution in [0.1, 0.15) is 21.6 Å². The van der Waals surface area contributed by atoms with Gasteiger partial charge in [-0.2, -0.15) is 5.10 Å². The fourth-order valence-electron chi connectivity index (χ4n) is 3.17. The number of rotatable bonds is 2. The number of para-hydroxylation sites is 1. The molecule has 0 saturated carbocycles. The lowest BCUT2D eigenvalue weighted by Crippen LogP contribution is -2.36. The van der Waals surface area contributed by atoms with Crippen molar-refractivity contribution in [2.24, 2.45) is 0 Å². The summed E-state index contributed by atoms with van der Waals surface area (Å²) in [6.45, 7) is 0.835. The van der Waals surface area contributed by atoms with Crippen LogP contribution < -0.4 is 0 Å². The minimum absolute atomic E-state index is 0.0418. The normalized spacial score (nSPS) is 13.6. The average molecular weight is 337 g/mol. The lowest BCUT2D eigenvalue weighted by atomic mass is 10.00. The van der Waals surface area contributed by atoms with Gasteiger partial charge in [-0.15, -0.1) is 0 Å². The summed E-state index contributed by atoms with van der Waals surface area (Å²) in [6, 6.07) is 12.9. The number of fused-ring (bicyclic) bond motifs is 1. The van der Waals surface area contributed by atoms with Gasteiger partial charge in [-0.05, 0) is 24.3 Å². The van der Waals surface area contributed by atoms with Crippen LogP contribution in [-0.4, -0.2) is 32.7 Å². The number of benzene rings is 2. The molecule has 0 bridgehead atoms. The minimum Gasteiger partial charge on any atom is -0.507 e. The van der Waals surface area contributed by atoms with Crippen molar-refractivity contribution in [1.82, 2.24) is 15.1 Å². The number of H-pyrrole nitrogens is 1. The van der Waals surface area contributed by atoms with E-state index in [0.29, 0.717) is 30.8 Å². The first-order chi connectivity index (χ1) is 12.1. The zero-order valence-corrected chi connectivity index (χ0v) is 13.4. The number of nitrogens with one attached hydrogen (secondary N) is 1. The molecule has 0 fully saturated rings. The lowest BCUT2D eigenvalue weighted by Gasteiger charge is -2.27. The van der Waals surface area contributed by atoms with Crippen molar-refractivity contribution in [3.05, 3.63) is 71.2 Å². The zero-order chi connectivity index (χ0) is 17.4. The number of carbonyl (C=O) groups excluding carboxylic acids is 1. The number of phenols is 1. The van der Waals surface area contributed by atoms with Gasteiger partial charge in [0.1, 0.15) is 17.3 Å². The quantitative estimate of drug-likeness (QED) is 0.755. The molecule has 0 radical (unpaired) electrons. The number of aromatic amines is 1. The Balaban J connectivity index is 1.68. The molecule has 1 aliphatic heterocycles. The molecule has 4 rings (SSSR count). The number of nitrogens with zero attached hydrogens (tertiary/aromatic N) is 2. The highest BCUT2D eigenvalue weighted by Crippen LogP contribution is 2.31. The summed E-state index contributed by atoms with van der Waals surface area (Å²) in [5, 5.41) is 17.1. The van der Waals surface area contributed by atoms with Gasteiger partial charge in [0, 0.05) is 36.3 Å². The second-order valence-electron chi connectivity index (χ2n) is 6.00. The fourth-order valence-corrected chi connectivity index (χ4v) is 3.17. The maximum atomic E-state index is 14.1. The number of hydrogen-bond donors (Lipinski definition) is 2. The second kappa shape index (κ2) is 6.05. The molecule has 0 spiro atoms. The predicted molar refractivity (Wildman–Crippen MR) is 90.5 cm³/mol. The van der Waals surface area contributed by atoms with E-state index in [4.69, 9.17) is 0 Å². The van der Waals surface area contributed by atoms with Gasteiger partial charge in [0.2, 0.25) is 0 Å². The minimum atomic E-state index is -0.346. The number of carbonyl (C=O) groups is 1. The van der Waals surface area contributed by atoms with Crippen LogP contribution in [0.3, 0.4) is 0 Å². The number of aromatic nitrogens is 2. The lowest BCUT2D eigenvalue weighted by molar-refractivity contribution is 0.0731. The Morgan fingerprint density at radius 1 is 1.16 bits per heavy atom. The van der Waals surface area contributed by atoms with Crippen molar-refractivity contribution in [1.29, 1.82) is 0 Å². The maximum absolute atomic E-state index is 14.1. The van der Waals surface area contributed by atoms with E-state index in [-0.39, 0.29) is 23.0 Å². The van der Waals surface area contributed by atoms with Gasteiger partial charge in [0.05, 0.1) is 5.56 Å². The van der Waals surface area contributed by atoms with E-state index < -0.39 is 0 Å². The van der Waals surface area contributed by atoms with Crippen LogP contribution in [0.5, 0.6) is 5.75 Å². The van der Waals surface area contributed by atoms with Crippen LogP contribution in [0.25, 0.3) is 11.3 Å². The summed E-state index contributed by atoms with van der Waals surface area (Å²) in [7, 11) is 0. The van der Waals surface area contributed by atoms with Gasteiger partial charge in [-0.3, -0.25) is 9.89 Å². The Bertz CT molecular complexity index is 951. The first-order valence-electron chi connectivity index (χ1n) is 8.03. The van der Waals surface area contributed by atoms with Crippen molar-refractivity contribution < 1.29 is 14.3 Å². The van der Waals surface area contributed by atoms with Crippen molar-refractivity contribution >= 4 is 5.91 Å². The van der Waals surface area contributed by atoms with Crippen LogP contribution in [0.4, 0.5) is 4.39 Å². The van der Waals surface area contributed by atoms with Crippen LogP contribution >= 0.6 is 0 Å². The van der Waals surface area contributed by atoms with Gasteiger partial charge in [-0.25, -0.2) is 4.39 Å². The Labute approximate surface area is 143 Å². The molecular weight excluding hydrogens is 321 g/mol. The Hall–Kier alpha value is -3.15. The van der Waals surface area contributed by atoms with E-state index in [2.05, 4.69) is 10.2 Å². The third kappa shape index (κ3) is 2.65. The van der Waals surface area contributed by atoms with Crippen molar-refractivity contribution in [3.63, 3.8) is 0 Å². The second-order valence-corrected chi connectivity index (χ2v) is 6.00. The molecule has 2 N–H and O–H groups in total. The standard InChI is InChI=1S/C19H16FN3O2/c20-15-7-3-1-5-12(15)18-14-11-23(10-9-16(14)21-22-18)19(25)13-6-2-4-8-17(13)24/h1-8,24H,9-11H2,(H,21,22). The van der Waals surface area contributed by atoms with E-state index >= 15 is 0 Å². The molecule has 0 unspecified atom stereocenters. The molecule has 1 aliphatic rings. The smallest absolute Gasteiger partial charge is 0.257 e. The summed E-state index contributed by atoms with van der Waals surface area (Å²) < 4.78 is 14.1. The summed E-state index contributed by atoms with van der Waals surface area (Å²) in [5.74, 6) is -0.634. The molecule has 1 aromatic heterocycles. The third-order valence-corrected chi connectivity index (χ3v) is 4.48. The highest BCUT2D eigenvalue weighted by Gasteiger charge is 2.28. The number of halogens is 1. The number of amides is 1. The van der Waals surface area contributed by atoms with Crippen LogP contribution in [0, 0.1) is 5.82 Å². The van der Waals surface area contributed by atoms with E-state index in [1.54, 1.807) is 41.3 Å². The van der Waals surface area contributed by atoms with E-state index in [9.17, 15) is 14.3 Å². The molecule has 3 aromatic rings. The fraction of sp³-hybridized carbons (Fsp3) is 0.158. The Kier molecular flexibility index (Phi) is 3.72. The van der Waals surface area contributed by atoms with Crippen molar-refractivity contribution in [3.8, 4) is 17.0 Å². The first kappa shape index (κ1) is 15.4. The summed E-state index contributed by atoms with van der Waals surface area (Å²) in [6.07, 6.45) is 0.607. The van der Waals surface area contributed by atoms with Crippen LogP contribution in [-0.2, 0) is 13.0 Å². The molecule has 2 heterocycles. The topological polar surface area (TPSA) is 69.2 Å². The Morgan fingerprint density at radius 2 is 1.92 bits per heavy atom. The molecule has 6 heteroatoms. The number of aromatic hydroxyl groups is 1. The average Bonchev–Trinajstić information content (AvgIpc) is 3.05. The van der Waals surface area contributed by atoms with Crippen LogP contribution in [0.15, 0.2) is 48.5 Å². The summed E-state index contributed by atoms with van der Waals surface area (Å²) >= 11 is 0. The van der Waals surface area contributed by atoms with Crippen molar-refractivity contribution in [2.45, 2.75) is 13.0 Å². The maximum Gasteiger partial charge on any atom is 0.257 e. The molecule has 5 nitrogen and oxygen atoms in total.